The molecule has 5 nitrogen and oxygen atoms in total. The van der Waals surface area contributed by atoms with Gasteiger partial charge in [-0.05, 0) is 31.5 Å². The quantitative estimate of drug-likeness (QED) is 0.863. The van der Waals surface area contributed by atoms with Crippen LogP contribution in [-0.4, -0.2) is 33.5 Å². The largest absolute Gasteiger partial charge is 0.475 e. The molecule has 0 unspecified atom stereocenters. The zero-order valence-corrected chi connectivity index (χ0v) is 10.6. The van der Waals surface area contributed by atoms with E-state index in [4.69, 9.17) is 4.74 Å². The summed E-state index contributed by atoms with van der Waals surface area (Å²) in [6, 6.07) is 7.04. The van der Waals surface area contributed by atoms with Gasteiger partial charge in [-0.2, -0.15) is 8.42 Å². The van der Waals surface area contributed by atoms with Gasteiger partial charge in [-0.25, -0.2) is 0 Å². The van der Waals surface area contributed by atoms with Crippen LogP contribution in [0, 0.1) is 0 Å². The van der Waals surface area contributed by atoms with Crippen molar-refractivity contribution in [2.45, 2.75) is 23.8 Å². The van der Waals surface area contributed by atoms with Crippen LogP contribution < -0.4 is 5.32 Å². The van der Waals surface area contributed by atoms with Crippen molar-refractivity contribution in [1.82, 2.24) is 5.32 Å². The molecule has 1 aromatic rings. The van der Waals surface area contributed by atoms with E-state index in [9.17, 15) is 8.42 Å². The van der Waals surface area contributed by atoms with Crippen LogP contribution >= 0.6 is 0 Å². The second-order valence-electron chi connectivity index (χ2n) is 4.47. The van der Waals surface area contributed by atoms with Crippen LogP contribution in [-0.2, 0) is 14.8 Å². The number of hydrogen-bond acceptors (Lipinski definition) is 4. The molecule has 1 saturated heterocycles. The predicted octanol–water partition coefficient (Wildman–Crippen LogP) is 0.904. The highest BCUT2D eigenvalue weighted by Gasteiger charge is 2.30. The van der Waals surface area contributed by atoms with Crippen LogP contribution in [0.4, 0.5) is 0 Å². The maximum Gasteiger partial charge on any atom is 0.286 e. The first-order valence-corrected chi connectivity index (χ1v) is 7.41. The van der Waals surface area contributed by atoms with Gasteiger partial charge in [0.1, 0.15) is 11.5 Å². The Hall–Kier alpha value is -1.40. The Balaban J connectivity index is 1.81. The minimum atomic E-state index is -3.56. The molecule has 2 aliphatic heterocycles. The third-order valence-corrected chi connectivity index (χ3v) is 4.50. The standard InChI is InChI=1S/C12H14N2O3S/c15-18(16)11-6-2-1-5-10(11)12(14-18)17-8-9-4-3-7-13-9/h1-2,5-6,9,13H,3-4,7-8H2/t9-/m0/s1. The summed E-state index contributed by atoms with van der Waals surface area (Å²) in [5.74, 6) is 0.222. The second kappa shape index (κ2) is 4.37. The molecule has 0 amide bonds. The van der Waals surface area contributed by atoms with E-state index in [0.717, 1.165) is 19.4 Å². The molecular weight excluding hydrogens is 252 g/mol. The molecule has 0 spiro atoms. The molecule has 0 aliphatic carbocycles. The fourth-order valence-electron chi connectivity index (χ4n) is 2.26. The fourth-order valence-corrected chi connectivity index (χ4v) is 3.41. The van der Waals surface area contributed by atoms with Gasteiger partial charge in [0, 0.05) is 6.04 Å². The Morgan fingerprint density at radius 3 is 3.00 bits per heavy atom. The lowest BCUT2D eigenvalue weighted by atomic mass is 10.2. The van der Waals surface area contributed by atoms with Crippen molar-refractivity contribution in [3.63, 3.8) is 0 Å². The van der Waals surface area contributed by atoms with Gasteiger partial charge in [0.15, 0.2) is 0 Å². The van der Waals surface area contributed by atoms with E-state index in [2.05, 4.69) is 9.71 Å². The lowest BCUT2D eigenvalue weighted by Crippen LogP contribution is -2.28. The molecule has 1 fully saturated rings. The van der Waals surface area contributed by atoms with E-state index in [-0.39, 0.29) is 10.8 Å². The second-order valence-corrected chi connectivity index (χ2v) is 6.04. The predicted molar refractivity (Wildman–Crippen MR) is 67.1 cm³/mol. The minimum absolute atomic E-state index is 0.222. The maximum atomic E-state index is 11.8. The van der Waals surface area contributed by atoms with Gasteiger partial charge in [-0.15, -0.1) is 4.40 Å². The first kappa shape index (κ1) is 11.7. The van der Waals surface area contributed by atoms with Crippen molar-refractivity contribution in [2.75, 3.05) is 13.2 Å². The smallest absolute Gasteiger partial charge is 0.286 e. The van der Waals surface area contributed by atoms with Gasteiger partial charge in [0.2, 0.25) is 5.90 Å². The third kappa shape index (κ3) is 2.02. The SMILES string of the molecule is O=S1(=O)N=C(OC[C@@H]2CCCN2)c2ccccc21. The number of sulfonamides is 1. The highest BCUT2D eigenvalue weighted by Crippen LogP contribution is 2.26. The average Bonchev–Trinajstić information content (AvgIpc) is 2.95. The van der Waals surface area contributed by atoms with E-state index in [1.54, 1.807) is 24.3 Å². The number of ether oxygens (including phenoxy) is 1. The van der Waals surface area contributed by atoms with Crippen LogP contribution in [0.3, 0.4) is 0 Å². The molecule has 96 valence electrons. The lowest BCUT2D eigenvalue weighted by molar-refractivity contribution is 0.267. The Kier molecular flexibility index (Phi) is 2.83. The van der Waals surface area contributed by atoms with Crippen LogP contribution in [0.2, 0.25) is 0 Å². The van der Waals surface area contributed by atoms with E-state index in [1.807, 2.05) is 0 Å². The van der Waals surface area contributed by atoms with Crippen LogP contribution in [0.15, 0.2) is 33.6 Å². The summed E-state index contributed by atoms with van der Waals surface area (Å²) in [5.41, 5.74) is 0.565. The van der Waals surface area contributed by atoms with Crippen LogP contribution in [0.5, 0.6) is 0 Å². The molecule has 1 N–H and O–H groups in total. The fraction of sp³-hybridized carbons (Fsp3) is 0.417. The van der Waals surface area contributed by atoms with Gasteiger partial charge in [0.05, 0.1) is 5.56 Å². The van der Waals surface area contributed by atoms with E-state index >= 15 is 0 Å². The van der Waals surface area contributed by atoms with Gasteiger partial charge < -0.3 is 10.1 Å². The number of fused-ring (bicyclic) bond motifs is 1. The molecule has 0 bridgehead atoms. The third-order valence-electron chi connectivity index (χ3n) is 3.18. The normalized spacial score (nSPS) is 24.7. The molecule has 0 radical (unpaired) electrons. The zero-order valence-electron chi connectivity index (χ0n) is 9.80. The first-order valence-electron chi connectivity index (χ1n) is 5.97. The van der Waals surface area contributed by atoms with Crippen molar-refractivity contribution in [2.24, 2.45) is 4.40 Å². The molecule has 18 heavy (non-hydrogen) atoms. The molecule has 2 aliphatic rings. The van der Waals surface area contributed by atoms with Gasteiger partial charge in [0.25, 0.3) is 10.0 Å². The Morgan fingerprint density at radius 1 is 1.39 bits per heavy atom. The summed E-state index contributed by atoms with van der Waals surface area (Å²) in [4.78, 5) is 0.236. The highest BCUT2D eigenvalue weighted by molar-refractivity contribution is 7.90. The molecular formula is C12H14N2O3S. The topological polar surface area (TPSA) is 67.8 Å². The molecule has 0 saturated carbocycles. The van der Waals surface area contributed by atoms with Gasteiger partial charge in [-0.3, -0.25) is 0 Å². The van der Waals surface area contributed by atoms with Crippen molar-refractivity contribution in [1.29, 1.82) is 0 Å². The summed E-state index contributed by atoms with van der Waals surface area (Å²) in [7, 11) is -3.56. The maximum absolute atomic E-state index is 11.8. The molecule has 6 heteroatoms. The Morgan fingerprint density at radius 2 is 2.22 bits per heavy atom. The molecule has 1 atom stereocenters. The minimum Gasteiger partial charge on any atom is -0.475 e. The number of benzene rings is 1. The highest BCUT2D eigenvalue weighted by atomic mass is 32.2. The van der Waals surface area contributed by atoms with E-state index in [0.29, 0.717) is 18.2 Å². The summed E-state index contributed by atoms with van der Waals surface area (Å²) in [5, 5.41) is 3.30. The average molecular weight is 266 g/mol. The van der Waals surface area contributed by atoms with Crippen LogP contribution in [0.25, 0.3) is 0 Å². The van der Waals surface area contributed by atoms with Crippen molar-refractivity contribution in [3.8, 4) is 0 Å². The number of rotatable bonds is 2. The Labute approximate surface area is 106 Å². The Bertz CT molecular complexity index is 589. The summed E-state index contributed by atoms with van der Waals surface area (Å²) >= 11 is 0. The van der Waals surface area contributed by atoms with Crippen LogP contribution in [0.1, 0.15) is 18.4 Å². The van der Waals surface area contributed by atoms with E-state index < -0.39 is 10.0 Å². The summed E-state index contributed by atoms with van der Waals surface area (Å²) in [6.07, 6.45) is 2.19. The first-order chi connectivity index (χ1) is 8.67. The van der Waals surface area contributed by atoms with E-state index in [1.165, 1.54) is 0 Å². The van der Waals surface area contributed by atoms with Crippen molar-refractivity contribution >= 4 is 15.9 Å². The molecule has 0 aromatic heterocycles. The van der Waals surface area contributed by atoms with Crippen molar-refractivity contribution < 1.29 is 13.2 Å². The number of hydrogen-bond donors (Lipinski definition) is 1. The van der Waals surface area contributed by atoms with Gasteiger partial charge in [-0.1, -0.05) is 12.1 Å². The summed E-state index contributed by atoms with van der Waals surface area (Å²) in [6.45, 7) is 1.46. The monoisotopic (exact) mass is 266 g/mol. The van der Waals surface area contributed by atoms with Gasteiger partial charge >= 0.3 is 0 Å². The zero-order chi connectivity index (χ0) is 12.6. The molecule has 2 heterocycles. The van der Waals surface area contributed by atoms with Crippen molar-refractivity contribution in [3.05, 3.63) is 29.8 Å². The molecule has 3 rings (SSSR count). The molecule has 1 aromatic carbocycles. The summed E-state index contributed by atoms with van der Waals surface area (Å²) < 4.78 is 32.8. The lowest BCUT2D eigenvalue weighted by Gasteiger charge is -2.11. The number of nitrogens with one attached hydrogen (secondary N) is 1. The number of nitrogens with zero attached hydrogens (tertiary/aromatic N) is 1.